The summed E-state index contributed by atoms with van der Waals surface area (Å²) < 4.78 is 24.1. The van der Waals surface area contributed by atoms with E-state index in [9.17, 15) is 9.59 Å². The molecule has 41 heavy (non-hydrogen) atoms. The van der Waals surface area contributed by atoms with Crippen LogP contribution in [0.15, 0.2) is 88.2 Å². The molecule has 0 fully saturated rings. The predicted octanol–water partition coefficient (Wildman–Crippen LogP) is 3.68. The summed E-state index contributed by atoms with van der Waals surface area (Å²) in [6.45, 7) is 2.19. The summed E-state index contributed by atoms with van der Waals surface area (Å²) in [7, 11) is 0. The molecule has 0 saturated heterocycles. The topological polar surface area (TPSA) is 88.3 Å². The molecule has 0 saturated carbocycles. The van der Waals surface area contributed by atoms with Gasteiger partial charge in [0.15, 0.2) is 16.3 Å². The van der Waals surface area contributed by atoms with E-state index in [2.05, 4.69) is 5.92 Å². The number of fused-ring (bicyclic) bond motifs is 2. The van der Waals surface area contributed by atoms with Crippen molar-refractivity contribution in [2.45, 2.75) is 13.0 Å². The molecular weight excluding hydrogens is 540 g/mol. The minimum Gasteiger partial charge on any atom is -0.481 e. The summed E-state index contributed by atoms with van der Waals surface area (Å²) in [5.74, 6) is 3.66. The van der Waals surface area contributed by atoms with Gasteiger partial charge in [0.05, 0.1) is 28.5 Å². The molecule has 4 aromatic rings. The lowest BCUT2D eigenvalue weighted by atomic mass is 9.93. The van der Waals surface area contributed by atoms with Gasteiger partial charge in [0, 0.05) is 5.56 Å². The Labute approximate surface area is 239 Å². The van der Waals surface area contributed by atoms with E-state index in [4.69, 9.17) is 30.4 Å². The Balaban J connectivity index is 1.57. The maximum atomic E-state index is 14.0. The van der Waals surface area contributed by atoms with Gasteiger partial charge in [-0.25, -0.2) is 9.79 Å². The fraction of sp³-hybridized carbons (Fsp3) is 0.156. The van der Waals surface area contributed by atoms with Crippen LogP contribution in [0.2, 0.25) is 0 Å². The zero-order valence-electron chi connectivity index (χ0n) is 22.0. The third-order valence-corrected chi connectivity index (χ3v) is 7.57. The van der Waals surface area contributed by atoms with E-state index in [1.165, 1.54) is 11.3 Å². The number of carbonyl (C=O) groups excluding carboxylic acids is 1. The molecule has 3 heterocycles. The average Bonchev–Trinajstić information content (AvgIpc) is 3.60. The number of aromatic nitrogens is 1. The molecule has 0 radical (unpaired) electrons. The lowest BCUT2D eigenvalue weighted by Crippen LogP contribution is -2.40. The molecule has 2 aliphatic heterocycles. The van der Waals surface area contributed by atoms with Crippen LogP contribution in [-0.2, 0) is 9.53 Å². The van der Waals surface area contributed by atoms with Crippen molar-refractivity contribution in [1.82, 2.24) is 4.57 Å². The van der Waals surface area contributed by atoms with Crippen LogP contribution in [0.3, 0.4) is 0 Å². The van der Waals surface area contributed by atoms with Crippen LogP contribution in [0.4, 0.5) is 0 Å². The van der Waals surface area contributed by atoms with E-state index in [1.807, 2.05) is 48.5 Å². The van der Waals surface area contributed by atoms with Crippen molar-refractivity contribution in [3.63, 3.8) is 0 Å². The van der Waals surface area contributed by atoms with E-state index in [0.29, 0.717) is 37.8 Å². The van der Waals surface area contributed by atoms with Crippen molar-refractivity contribution in [3.8, 4) is 29.6 Å². The fourth-order valence-corrected chi connectivity index (χ4v) is 5.78. The molecule has 1 aromatic heterocycles. The molecule has 3 aromatic carbocycles. The van der Waals surface area contributed by atoms with Crippen LogP contribution in [0, 0.1) is 12.3 Å². The third-order valence-electron chi connectivity index (χ3n) is 6.59. The van der Waals surface area contributed by atoms with Gasteiger partial charge in [-0.05, 0) is 48.4 Å². The Morgan fingerprint density at radius 1 is 1.12 bits per heavy atom. The van der Waals surface area contributed by atoms with E-state index in [0.717, 1.165) is 11.1 Å². The van der Waals surface area contributed by atoms with Gasteiger partial charge in [-0.1, -0.05) is 65.8 Å². The van der Waals surface area contributed by atoms with Gasteiger partial charge < -0.3 is 18.9 Å². The van der Waals surface area contributed by atoms with Crippen LogP contribution in [-0.4, -0.2) is 30.5 Å². The Bertz CT molecular complexity index is 1880. The van der Waals surface area contributed by atoms with Crippen molar-refractivity contribution < 1.29 is 23.7 Å². The lowest BCUT2D eigenvalue weighted by Gasteiger charge is -2.26. The second kappa shape index (κ2) is 11.2. The lowest BCUT2D eigenvalue weighted by molar-refractivity contribution is -0.138. The number of benzene rings is 3. The van der Waals surface area contributed by atoms with Gasteiger partial charge >= 0.3 is 5.97 Å². The number of rotatable bonds is 7. The first-order valence-electron chi connectivity index (χ1n) is 12.9. The summed E-state index contributed by atoms with van der Waals surface area (Å²) in [6.07, 6.45) is 7.07. The molecular formula is C32H24N2O6S. The minimum atomic E-state index is -0.809. The molecule has 2 aliphatic rings. The summed E-state index contributed by atoms with van der Waals surface area (Å²) >= 11 is 1.25. The predicted molar refractivity (Wildman–Crippen MR) is 154 cm³/mol. The molecule has 8 nitrogen and oxygen atoms in total. The average molecular weight is 565 g/mol. The summed E-state index contributed by atoms with van der Waals surface area (Å²) in [4.78, 5) is 32.9. The molecule has 0 amide bonds. The van der Waals surface area contributed by atoms with E-state index in [-0.39, 0.29) is 31.1 Å². The normalized spacial score (nSPS) is 15.6. The molecule has 9 heteroatoms. The molecule has 0 aliphatic carbocycles. The summed E-state index contributed by atoms with van der Waals surface area (Å²) in [5, 5.41) is 0. The van der Waals surface area contributed by atoms with Crippen molar-refractivity contribution >= 4 is 29.1 Å². The zero-order valence-corrected chi connectivity index (χ0v) is 22.9. The second-order valence-corrected chi connectivity index (χ2v) is 10.1. The van der Waals surface area contributed by atoms with Gasteiger partial charge in [0.2, 0.25) is 6.79 Å². The van der Waals surface area contributed by atoms with E-state index < -0.39 is 12.0 Å². The Morgan fingerprint density at radius 3 is 2.66 bits per heavy atom. The fourth-order valence-electron chi connectivity index (χ4n) is 4.78. The van der Waals surface area contributed by atoms with E-state index >= 15 is 0 Å². The second-order valence-electron chi connectivity index (χ2n) is 9.11. The number of nitrogens with zero attached hydrogens (tertiary/aromatic N) is 2. The Hall–Kier alpha value is -5.07. The molecule has 1 atom stereocenters. The number of carbonyl (C=O) groups is 1. The highest BCUT2D eigenvalue weighted by molar-refractivity contribution is 7.07. The van der Waals surface area contributed by atoms with Crippen molar-refractivity contribution in [2.24, 2.45) is 4.99 Å². The highest BCUT2D eigenvalue weighted by Gasteiger charge is 2.36. The quantitative estimate of drug-likeness (QED) is 0.252. The van der Waals surface area contributed by atoms with Crippen LogP contribution in [0.1, 0.15) is 29.7 Å². The monoisotopic (exact) mass is 564 g/mol. The molecule has 0 N–H and O–H groups in total. The first-order chi connectivity index (χ1) is 20.1. The zero-order chi connectivity index (χ0) is 28.3. The molecule has 6 rings (SSSR count). The van der Waals surface area contributed by atoms with Gasteiger partial charge in [-0.15, -0.1) is 6.42 Å². The number of terminal acetylenes is 1. The standard InChI is InChI=1S/C32H24N2O6S/c1-3-16-38-23-13-10-20(11-14-23)17-26-30(35)34-29(22-12-15-24-25(18-22)40-19-39-24)27(31(36)37-4-2)28(33-32(34)41-26)21-8-6-5-7-9-21/h1,5-15,17-18,29H,4,16,19H2,2H3/b26-17-/t29-/m0/s1. The number of hydrogen-bond donors (Lipinski definition) is 0. The van der Waals surface area contributed by atoms with Gasteiger partial charge in [-0.2, -0.15) is 0 Å². The number of thiazole rings is 1. The van der Waals surface area contributed by atoms with Gasteiger partial charge in [0.1, 0.15) is 12.4 Å². The van der Waals surface area contributed by atoms with Crippen molar-refractivity contribution in [1.29, 1.82) is 0 Å². The molecule has 0 unspecified atom stereocenters. The number of ether oxygens (including phenoxy) is 4. The van der Waals surface area contributed by atoms with Crippen LogP contribution >= 0.6 is 11.3 Å². The van der Waals surface area contributed by atoms with Crippen LogP contribution in [0.25, 0.3) is 11.8 Å². The highest BCUT2D eigenvalue weighted by atomic mass is 32.1. The first-order valence-corrected chi connectivity index (χ1v) is 13.7. The summed E-state index contributed by atoms with van der Waals surface area (Å²) in [5.41, 5.74) is 2.65. The first kappa shape index (κ1) is 26.2. The highest BCUT2D eigenvalue weighted by Crippen LogP contribution is 2.40. The van der Waals surface area contributed by atoms with Crippen LogP contribution < -0.4 is 29.1 Å². The Kier molecular flexibility index (Phi) is 7.15. The van der Waals surface area contributed by atoms with Gasteiger partial charge in [-0.3, -0.25) is 9.36 Å². The maximum absolute atomic E-state index is 14.0. The SMILES string of the molecule is C#CCOc1ccc(/C=c2\sc3n(c2=O)[C@@H](c2ccc4c(c2)OCO4)C(C(=O)OCC)=C(c2ccccc2)N=3)cc1. The number of esters is 1. The third kappa shape index (κ3) is 5.01. The molecule has 0 bridgehead atoms. The van der Waals surface area contributed by atoms with E-state index in [1.54, 1.807) is 41.8 Å². The maximum Gasteiger partial charge on any atom is 0.338 e. The number of hydrogen-bond acceptors (Lipinski definition) is 8. The smallest absolute Gasteiger partial charge is 0.338 e. The molecule has 204 valence electrons. The Morgan fingerprint density at radius 2 is 1.90 bits per heavy atom. The largest absolute Gasteiger partial charge is 0.481 e. The summed E-state index contributed by atoms with van der Waals surface area (Å²) in [6, 6.07) is 21.3. The van der Waals surface area contributed by atoms with Crippen molar-refractivity contribution in [3.05, 3.63) is 115 Å². The van der Waals surface area contributed by atoms with Gasteiger partial charge in [0.25, 0.3) is 5.56 Å². The molecule has 0 spiro atoms. The minimum absolute atomic E-state index is 0.101. The van der Waals surface area contributed by atoms with Crippen LogP contribution in [0.5, 0.6) is 17.2 Å². The van der Waals surface area contributed by atoms with Crippen molar-refractivity contribution in [2.75, 3.05) is 20.0 Å².